The second-order valence-corrected chi connectivity index (χ2v) is 13.2. The van der Waals surface area contributed by atoms with Crippen molar-refractivity contribution >= 4 is 0 Å². The molecule has 0 amide bonds. The molecule has 0 bridgehead atoms. The molecule has 166 valence electrons. The highest BCUT2D eigenvalue weighted by atomic mass is 15.1. The van der Waals surface area contributed by atoms with Crippen molar-refractivity contribution in [1.29, 1.82) is 0 Å². The smallest absolute Gasteiger partial charge is 0.0278 e. The Morgan fingerprint density at radius 1 is 0.931 bits per heavy atom. The SMILES string of the molecule is C[C@H](CCCC1(C)CN1)[C@H]1CC[C@H]2[C@@H]3CCC4CC(N)CC[C@]4(C)[C@H]3CC[C@]12C. The van der Waals surface area contributed by atoms with Crippen LogP contribution in [0.4, 0.5) is 0 Å². The third kappa shape index (κ3) is 3.43. The number of rotatable bonds is 5. The Morgan fingerprint density at radius 3 is 2.41 bits per heavy atom. The summed E-state index contributed by atoms with van der Waals surface area (Å²) >= 11 is 0. The van der Waals surface area contributed by atoms with Crippen molar-refractivity contribution in [3.8, 4) is 0 Å². The number of hydrogen-bond acceptors (Lipinski definition) is 2. The summed E-state index contributed by atoms with van der Waals surface area (Å²) in [5, 5.41) is 3.56. The summed E-state index contributed by atoms with van der Waals surface area (Å²) in [7, 11) is 0. The van der Waals surface area contributed by atoms with E-state index in [-0.39, 0.29) is 0 Å². The molecule has 0 aromatic heterocycles. The van der Waals surface area contributed by atoms with Crippen molar-refractivity contribution in [2.45, 2.75) is 116 Å². The summed E-state index contributed by atoms with van der Waals surface area (Å²) in [5.41, 5.74) is 8.13. The number of nitrogens with one attached hydrogen (secondary N) is 1. The second-order valence-electron chi connectivity index (χ2n) is 13.2. The first-order chi connectivity index (χ1) is 13.8. The highest BCUT2D eigenvalue weighted by Gasteiger charge is 2.60. The van der Waals surface area contributed by atoms with Crippen LogP contribution in [0.3, 0.4) is 0 Å². The van der Waals surface area contributed by atoms with Crippen LogP contribution < -0.4 is 11.1 Å². The van der Waals surface area contributed by atoms with Crippen LogP contribution in [0.5, 0.6) is 0 Å². The van der Waals surface area contributed by atoms with E-state index in [0.29, 0.717) is 22.4 Å². The van der Waals surface area contributed by atoms with E-state index in [0.717, 1.165) is 35.5 Å². The minimum absolute atomic E-state index is 0.489. The van der Waals surface area contributed by atoms with Crippen LogP contribution >= 0.6 is 0 Å². The molecule has 2 nitrogen and oxygen atoms in total. The van der Waals surface area contributed by atoms with E-state index >= 15 is 0 Å². The van der Waals surface area contributed by atoms with Crippen LogP contribution in [-0.4, -0.2) is 18.1 Å². The van der Waals surface area contributed by atoms with Crippen molar-refractivity contribution < 1.29 is 0 Å². The third-order valence-electron chi connectivity index (χ3n) is 11.6. The summed E-state index contributed by atoms with van der Waals surface area (Å²) in [6.45, 7) is 11.7. The molecule has 1 aliphatic heterocycles. The predicted octanol–water partition coefficient (Wildman–Crippen LogP) is 6.14. The molecule has 3 unspecified atom stereocenters. The van der Waals surface area contributed by atoms with E-state index in [2.05, 4.69) is 33.0 Å². The average Bonchev–Trinajstić information content (AvgIpc) is 3.29. The largest absolute Gasteiger partial charge is 0.328 e. The molecule has 2 heteroatoms. The molecular formula is C27H48N2. The number of fused-ring (bicyclic) bond motifs is 5. The first-order valence-corrected chi connectivity index (χ1v) is 13.3. The monoisotopic (exact) mass is 400 g/mol. The van der Waals surface area contributed by atoms with Crippen LogP contribution in [-0.2, 0) is 0 Å². The fourth-order valence-electron chi connectivity index (χ4n) is 9.61. The first-order valence-electron chi connectivity index (χ1n) is 13.3. The van der Waals surface area contributed by atoms with E-state index in [9.17, 15) is 0 Å². The molecular weight excluding hydrogens is 352 g/mol. The first kappa shape index (κ1) is 20.8. The van der Waals surface area contributed by atoms with Gasteiger partial charge in [0.25, 0.3) is 0 Å². The van der Waals surface area contributed by atoms with Gasteiger partial charge in [-0.1, -0.05) is 33.6 Å². The van der Waals surface area contributed by atoms with Gasteiger partial charge in [0.15, 0.2) is 0 Å². The van der Waals surface area contributed by atoms with E-state index in [1.54, 1.807) is 0 Å². The quantitative estimate of drug-likeness (QED) is 0.544. The summed E-state index contributed by atoms with van der Waals surface area (Å²) in [5.74, 6) is 5.87. The highest BCUT2D eigenvalue weighted by molar-refractivity contribution is 5.10. The Balaban J connectivity index is 1.27. The van der Waals surface area contributed by atoms with Gasteiger partial charge in [-0.2, -0.15) is 0 Å². The molecule has 10 atom stereocenters. The molecule has 3 N–H and O–H groups in total. The van der Waals surface area contributed by atoms with Crippen LogP contribution in [0.15, 0.2) is 0 Å². The molecule has 0 radical (unpaired) electrons. The summed E-state index contributed by atoms with van der Waals surface area (Å²) in [6, 6.07) is 0.489. The molecule has 5 fully saturated rings. The lowest BCUT2D eigenvalue weighted by atomic mass is 9.44. The number of hydrogen-bond donors (Lipinski definition) is 2. The Labute approximate surface area is 180 Å². The molecule has 0 spiro atoms. The Morgan fingerprint density at radius 2 is 1.66 bits per heavy atom. The third-order valence-corrected chi connectivity index (χ3v) is 11.6. The Kier molecular flexibility index (Phi) is 5.18. The van der Waals surface area contributed by atoms with Gasteiger partial charge < -0.3 is 11.1 Å². The fraction of sp³-hybridized carbons (Fsp3) is 1.00. The number of nitrogens with two attached hydrogens (primary N) is 1. The standard InChI is InChI=1S/C27H48N2/c1-18(6-5-13-25(2)17-29-25)22-9-10-23-21-8-7-19-16-20(28)11-14-26(19,3)24(21)12-15-27(22,23)4/h18-24,29H,5-17,28H2,1-4H3/t18-,19?,20?,21+,22-,23+,24+,25?,26+,27-/m1/s1. The van der Waals surface area contributed by atoms with Gasteiger partial charge in [-0.15, -0.1) is 0 Å². The maximum Gasteiger partial charge on any atom is 0.0278 e. The minimum Gasteiger partial charge on any atom is -0.328 e. The molecule has 4 aliphatic carbocycles. The molecule has 0 aromatic carbocycles. The maximum absolute atomic E-state index is 6.39. The van der Waals surface area contributed by atoms with Gasteiger partial charge in [-0.25, -0.2) is 0 Å². The zero-order valence-electron chi connectivity index (χ0n) is 19.8. The fourth-order valence-corrected chi connectivity index (χ4v) is 9.61. The lowest BCUT2D eigenvalue weighted by molar-refractivity contribution is -0.116. The van der Waals surface area contributed by atoms with Gasteiger partial charge in [0.1, 0.15) is 0 Å². The maximum atomic E-state index is 6.39. The van der Waals surface area contributed by atoms with E-state index < -0.39 is 0 Å². The summed E-state index contributed by atoms with van der Waals surface area (Å²) in [4.78, 5) is 0. The predicted molar refractivity (Wildman–Crippen MR) is 123 cm³/mol. The van der Waals surface area contributed by atoms with Gasteiger partial charge in [-0.3, -0.25) is 0 Å². The van der Waals surface area contributed by atoms with Crippen molar-refractivity contribution in [2.24, 2.45) is 52.1 Å². The van der Waals surface area contributed by atoms with Crippen molar-refractivity contribution in [3.63, 3.8) is 0 Å². The van der Waals surface area contributed by atoms with E-state index in [4.69, 9.17) is 5.73 Å². The lowest BCUT2D eigenvalue weighted by Gasteiger charge is -2.61. The zero-order chi connectivity index (χ0) is 20.4. The van der Waals surface area contributed by atoms with Crippen molar-refractivity contribution in [1.82, 2.24) is 5.32 Å². The normalized spacial score (nSPS) is 54.9. The summed E-state index contributed by atoms with van der Waals surface area (Å²) in [6.07, 6.45) is 17.4. The zero-order valence-corrected chi connectivity index (χ0v) is 19.8. The average molecular weight is 401 g/mol. The molecule has 0 aromatic rings. The molecule has 1 heterocycles. The van der Waals surface area contributed by atoms with Crippen LogP contribution in [0.2, 0.25) is 0 Å². The van der Waals surface area contributed by atoms with Crippen LogP contribution in [0, 0.1) is 46.3 Å². The molecule has 5 aliphatic rings. The highest BCUT2D eigenvalue weighted by Crippen LogP contribution is 2.68. The Hall–Kier alpha value is -0.0800. The van der Waals surface area contributed by atoms with Crippen molar-refractivity contribution in [3.05, 3.63) is 0 Å². The molecule has 29 heavy (non-hydrogen) atoms. The molecule has 4 saturated carbocycles. The van der Waals surface area contributed by atoms with Gasteiger partial charge >= 0.3 is 0 Å². The van der Waals surface area contributed by atoms with Crippen LogP contribution in [0.25, 0.3) is 0 Å². The van der Waals surface area contributed by atoms with Gasteiger partial charge in [0.2, 0.25) is 0 Å². The topological polar surface area (TPSA) is 48.0 Å². The van der Waals surface area contributed by atoms with Crippen LogP contribution in [0.1, 0.15) is 105 Å². The van der Waals surface area contributed by atoms with E-state index in [1.807, 2.05) is 0 Å². The van der Waals surface area contributed by atoms with Crippen molar-refractivity contribution in [2.75, 3.05) is 6.54 Å². The van der Waals surface area contributed by atoms with Gasteiger partial charge in [0, 0.05) is 18.1 Å². The lowest BCUT2D eigenvalue weighted by Crippen LogP contribution is -2.54. The minimum atomic E-state index is 0.489. The second kappa shape index (κ2) is 7.22. The van der Waals surface area contributed by atoms with Gasteiger partial charge in [-0.05, 0) is 117 Å². The molecule has 5 rings (SSSR count). The molecule has 1 saturated heterocycles. The Bertz CT molecular complexity index is 612. The summed E-state index contributed by atoms with van der Waals surface area (Å²) < 4.78 is 0. The van der Waals surface area contributed by atoms with E-state index in [1.165, 1.54) is 83.6 Å². The van der Waals surface area contributed by atoms with Gasteiger partial charge in [0.05, 0.1) is 0 Å².